The van der Waals surface area contributed by atoms with Crippen molar-refractivity contribution >= 4 is 15.7 Å². The molecule has 1 saturated heterocycles. The average molecular weight is 473 g/mol. The molecule has 0 atom stereocenters. The summed E-state index contributed by atoms with van der Waals surface area (Å²) in [5, 5.41) is 0. The predicted molar refractivity (Wildman–Crippen MR) is 109 cm³/mol. The molecule has 0 unspecified atom stereocenters. The Kier molecular flexibility index (Phi) is 6.55. The van der Waals surface area contributed by atoms with E-state index in [4.69, 9.17) is 0 Å². The molecule has 5 nitrogen and oxygen atoms in total. The lowest BCUT2D eigenvalue weighted by Crippen LogP contribution is -2.47. The highest BCUT2D eigenvalue weighted by Crippen LogP contribution is 2.39. The van der Waals surface area contributed by atoms with Gasteiger partial charge in [-0.15, -0.1) is 13.2 Å². The zero-order valence-corrected chi connectivity index (χ0v) is 18.3. The minimum atomic E-state index is -4.93. The number of piperidine rings is 1. The Balaban J connectivity index is 1.73. The summed E-state index contributed by atoms with van der Waals surface area (Å²) in [6.45, 7) is 3.72. The van der Waals surface area contributed by atoms with Crippen LogP contribution < -0.4 is 4.74 Å². The van der Waals surface area contributed by atoms with E-state index in [9.17, 15) is 30.8 Å². The standard InChI is InChI=1S/C22H23F4NO4S/c1-21(2,32(29,30)19-5-3-4-18(14-19)31-22(24,25)26)16-10-12-27(13-11-16)20(28)15-6-8-17(23)9-7-15/h3-9,14,16H,10-13H2,1-2H3. The topological polar surface area (TPSA) is 63.7 Å². The number of benzene rings is 2. The highest BCUT2D eigenvalue weighted by atomic mass is 32.2. The van der Waals surface area contributed by atoms with Crippen LogP contribution in [-0.4, -0.2) is 43.4 Å². The lowest BCUT2D eigenvalue weighted by molar-refractivity contribution is -0.274. The van der Waals surface area contributed by atoms with Crippen molar-refractivity contribution in [2.24, 2.45) is 5.92 Å². The summed E-state index contributed by atoms with van der Waals surface area (Å²) in [5.41, 5.74) is 0.346. The van der Waals surface area contributed by atoms with Crippen molar-refractivity contribution in [1.82, 2.24) is 4.90 Å². The van der Waals surface area contributed by atoms with E-state index in [0.29, 0.717) is 31.5 Å². The maximum absolute atomic E-state index is 13.3. The zero-order valence-electron chi connectivity index (χ0n) is 17.5. The van der Waals surface area contributed by atoms with Crippen molar-refractivity contribution in [2.75, 3.05) is 13.1 Å². The Morgan fingerprint density at radius 3 is 2.19 bits per heavy atom. The maximum atomic E-state index is 13.3. The molecule has 0 aromatic heterocycles. The van der Waals surface area contributed by atoms with Gasteiger partial charge >= 0.3 is 6.36 Å². The Morgan fingerprint density at radius 1 is 1.03 bits per heavy atom. The molecule has 0 spiro atoms. The summed E-state index contributed by atoms with van der Waals surface area (Å²) in [6.07, 6.45) is -4.13. The van der Waals surface area contributed by atoms with Crippen LogP contribution >= 0.6 is 0 Å². The Hall–Kier alpha value is -2.62. The smallest absolute Gasteiger partial charge is 0.406 e. The third-order valence-electron chi connectivity index (χ3n) is 5.90. The first-order chi connectivity index (χ1) is 14.8. The molecular formula is C22H23F4NO4S. The summed E-state index contributed by atoms with van der Waals surface area (Å²) in [6, 6.07) is 9.55. The molecule has 0 radical (unpaired) electrons. The van der Waals surface area contributed by atoms with Crippen LogP contribution in [0.4, 0.5) is 17.6 Å². The number of halogens is 4. The predicted octanol–water partition coefficient (Wildman–Crippen LogP) is 4.83. The second-order valence-corrected chi connectivity index (χ2v) is 10.7. The summed E-state index contributed by atoms with van der Waals surface area (Å²) in [5.74, 6) is -1.64. The van der Waals surface area contributed by atoms with Gasteiger partial charge in [-0.1, -0.05) is 6.07 Å². The van der Waals surface area contributed by atoms with E-state index in [-0.39, 0.29) is 16.7 Å². The summed E-state index contributed by atoms with van der Waals surface area (Å²) < 4.78 is 79.8. The Bertz CT molecular complexity index is 1070. The lowest BCUT2D eigenvalue weighted by atomic mass is 9.85. The van der Waals surface area contributed by atoms with Crippen LogP contribution in [-0.2, 0) is 9.84 Å². The molecule has 32 heavy (non-hydrogen) atoms. The number of nitrogens with zero attached hydrogens (tertiary/aromatic N) is 1. The molecule has 1 aliphatic heterocycles. The van der Waals surface area contributed by atoms with Crippen LogP contribution in [0.25, 0.3) is 0 Å². The molecular weight excluding hydrogens is 450 g/mol. The van der Waals surface area contributed by atoms with Gasteiger partial charge in [-0.05, 0) is 75.1 Å². The molecule has 0 N–H and O–H groups in total. The van der Waals surface area contributed by atoms with Crippen molar-refractivity contribution in [1.29, 1.82) is 0 Å². The van der Waals surface area contributed by atoms with Crippen molar-refractivity contribution in [2.45, 2.75) is 42.7 Å². The highest BCUT2D eigenvalue weighted by Gasteiger charge is 2.44. The van der Waals surface area contributed by atoms with Crippen LogP contribution in [0.2, 0.25) is 0 Å². The molecule has 2 aromatic carbocycles. The monoisotopic (exact) mass is 473 g/mol. The number of sulfone groups is 1. The first kappa shape index (κ1) is 24.0. The lowest BCUT2D eigenvalue weighted by Gasteiger charge is -2.40. The minimum Gasteiger partial charge on any atom is -0.406 e. The van der Waals surface area contributed by atoms with E-state index in [1.165, 1.54) is 36.4 Å². The van der Waals surface area contributed by atoms with Crippen LogP contribution in [0, 0.1) is 11.7 Å². The van der Waals surface area contributed by atoms with Crippen LogP contribution in [0.3, 0.4) is 0 Å². The average Bonchev–Trinajstić information content (AvgIpc) is 2.72. The van der Waals surface area contributed by atoms with E-state index >= 15 is 0 Å². The Labute approximate surface area is 183 Å². The molecule has 1 fully saturated rings. The Morgan fingerprint density at radius 2 is 1.62 bits per heavy atom. The number of alkyl halides is 3. The number of hydrogen-bond donors (Lipinski definition) is 0. The van der Waals surface area contributed by atoms with Crippen LogP contribution in [0.1, 0.15) is 37.0 Å². The molecule has 2 aromatic rings. The van der Waals surface area contributed by atoms with Gasteiger partial charge in [0.1, 0.15) is 11.6 Å². The van der Waals surface area contributed by atoms with Gasteiger partial charge in [-0.2, -0.15) is 0 Å². The minimum absolute atomic E-state index is 0.255. The second-order valence-electron chi connectivity index (χ2n) is 8.20. The van der Waals surface area contributed by atoms with E-state index in [1.807, 2.05) is 0 Å². The van der Waals surface area contributed by atoms with Crippen molar-refractivity contribution in [3.8, 4) is 5.75 Å². The van der Waals surface area contributed by atoms with Crippen molar-refractivity contribution < 1.29 is 35.5 Å². The van der Waals surface area contributed by atoms with E-state index in [2.05, 4.69) is 4.74 Å². The number of likely N-dealkylation sites (tertiary alicyclic amines) is 1. The van der Waals surface area contributed by atoms with Crippen LogP contribution in [0.5, 0.6) is 5.75 Å². The van der Waals surface area contributed by atoms with Gasteiger partial charge in [0.25, 0.3) is 5.91 Å². The van der Waals surface area contributed by atoms with Crippen molar-refractivity contribution in [3.05, 3.63) is 59.9 Å². The van der Waals surface area contributed by atoms with Crippen molar-refractivity contribution in [3.63, 3.8) is 0 Å². The summed E-state index contributed by atoms with van der Waals surface area (Å²) in [7, 11) is -4.00. The molecule has 3 rings (SSSR count). The van der Waals surface area contributed by atoms with Gasteiger partial charge in [-0.25, -0.2) is 12.8 Å². The maximum Gasteiger partial charge on any atom is 0.573 e. The molecule has 1 amide bonds. The fourth-order valence-electron chi connectivity index (χ4n) is 3.91. The molecule has 10 heteroatoms. The third-order valence-corrected chi connectivity index (χ3v) is 8.49. The molecule has 0 bridgehead atoms. The number of carbonyl (C=O) groups excluding carboxylic acids is 1. The van der Waals surface area contributed by atoms with Gasteiger partial charge in [0.2, 0.25) is 0 Å². The fourth-order valence-corrected chi connectivity index (χ4v) is 5.73. The third kappa shape index (κ3) is 5.06. The second kappa shape index (κ2) is 8.73. The number of carbonyl (C=O) groups is 1. The normalized spacial score (nSPS) is 16.1. The molecule has 174 valence electrons. The summed E-state index contributed by atoms with van der Waals surface area (Å²) >= 11 is 0. The number of ether oxygens (including phenoxy) is 1. The highest BCUT2D eigenvalue weighted by molar-refractivity contribution is 7.92. The SMILES string of the molecule is CC(C)(C1CCN(C(=O)c2ccc(F)cc2)CC1)S(=O)(=O)c1cccc(OC(F)(F)F)c1. The van der Waals surface area contributed by atoms with E-state index in [0.717, 1.165) is 12.1 Å². The number of hydrogen-bond acceptors (Lipinski definition) is 4. The number of rotatable bonds is 5. The number of amides is 1. The zero-order chi connectivity index (χ0) is 23.7. The molecule has 1 heterocycles. The van der Waals surface area contributed by atoms with E-state index < -0.39 is 32.5 Å². The van der Waals surface area contributed by atoms with Gasteiger partial charge < -0.3 is 9.64 Å². The molecule has 0 aliphatic carbocycles. The van der Waals surface area contributed by atoms with Gasteiger partial charge in [0, 0.05) is 18.7 Å². The quantitative estimate of drug-likeness (QED) is 0.584. The van der Waals surface area contributed by atoms with Gasteiger partial charge in [0.15, 0.2) is 9.84 Å². The fraction of sp³-hybridized carbons (Fsp3) is 0.409. The molecule has 1 aliphatic rings. The molecule has 0 saturated carbocycles. The largest absolute Gasteiger partial charge is 0.573 e. The van der Waals surface area contributed by atoms with E-state index in [1.54, 1.807) is 18.7 Å². The van der Waals surface area contributed by atoms with Gasteiger partial charge in [0.05, 0.1) is 9.64 Å². The first-order valence-electron chi connectivity index (χ1n) is 9.96. The van der Waals surface area contributed by atoms with Crippen LogP contribution in [0.15, 0.2) is 53.4 Å². The first-order valence-corrected chi connectivity index (χ1v) is 11.4. The van der Waals surface area contributed by atoms with Gasteiger partial charge in [-0.3, -0.25) is 4.79 Å². The summed E-state index contributed by atoms with van der Waals surface area (Å²) in [4.78, 5) is 13.9.